The van der Waals surface area contributed by atoms with Crippen LogP contribution in [0.5, 0.6) is 0 Å². The van der Waals surface area contributed by atoms with E-state index in [2.05, 4.69) is 4.99 Å². The summed E-state index contributed by atoms with van der Waals surface area (Å²) in [7, 11) is 0. The monoisotopic (exact) mass is 70.1 g/mol. The molecule has 0 heterocycles. The second kappa shape index (κ2) is 3.34. The fourth-order valence-corrected chi connectivity index (χ4v) is 0.0745. The van der Waals surface area contributed by atoms with Gasteiger partial charge in [-0.2, -0.15) is 0 Å². The zero-order valence-electron chi connectivity index (χ0n) is 3.10. The second-order valence-electron chi connectivity index (χ2n) is 0.536. The van der Waals surface area contributed by atoms with Crippen molar-refractivity contribution in [3.05, 3.63) is 0 Å². The standard InChI is InChI=1S/C3H6N2/c1-2-5-3-4/h2-4H,1H3/b4-3?,5-2+. The van der Waals surface area contributed by atoms with Crippen LogP contribution in [0.4, 0.5) is 0 Å². The van der Waals surface area contributed by atoms with Gasteiger partial charge in [0, 0.05) is 6.21 Å². The Kier molecular flexibility index (Phi) is 2.90. The van der Waals surface area contributed by atoms with Gasteiger partial charge in [-0.1, -0.05) is 0 Å². The molecule has 1 N–H and O–H groups in total. The van der Waals surface area contributed by atoms with E-state index in [4.69, 9.17) is 5.41 Å². The number of nitrogens with zero attached hydrogens (tertiary/aromatic N) is 1. The maximum atomic E-state index is 6.28. The summed E-state index contributed by atoms with van der Waals surface area (Å²) in [4.78, 5) is 3.39. The number of hydrogen-bond donors (Lipinski definition) is 1. The lowest BCUT2D eigenvalue weighted by Crippen LogP contribution is -1.56. The van der Waals surface area contributed by atoms with Crippen LogP contribution in [-0.4, -0.2) is 12.6 Å². The maximum Gasteiger partial charge on any atom is 0.106 e. The molecule has 0 spiro atoms. The van der Waals surface area contributed by atoms with Gasteiger partial charge in [0.1, 0.15) is 6.34 Å². The van der Waals surface area contributed by atoms with E-state index in [0.717, 1.165) is 6.34 Å². The normalized spacial score (nSPS) is 9.00. The molecule has 0 aliphatic rings. The molecule has 0 saturated carbocycles. The summed E-state index contributed by atoms with van der Waals surface area (Å²) in [6.45, 7) is 1.77. The van der Waals surface area contributed by atoms with Gasteiger partial charge >= 0.3 is 0 Å². The zero-order valence-corrected chi connectivity index (χ0v) is 3.10. The van der Waals surface area contributed by atoms with Crippen molar-refractivity contribution in [3.8, 4) is 0 Å². The Bertz CT molecular complexity index is 46.9. The van der Waals surface area contributed by atoms with Crippen LogP contribution in [0.2, 0.25) is 0 Å². The average molecular weight is 70.1 g/mol. The Morgan fingerprint density at radius 3 is 2.40 bits per heavy atom. The lowest BCUT2D eigenvalue weighted by Gasteiger charge is -1.57. The number of nitrogens with one attached hydrogen (secondary N) is 1. The fourth-order valence-electron chi connectivity index (χ4n) is 0.0745. The third-order valence-corrected chi connectivity index (χ3v) is 0.224. The zero-order chi connectivity index (χ0) is 4.12. The van der Waals surface area contributed by atoms with Crippen molar-refractivity contribution in [3.63, 3.8) is 0 Å². The number of rotatable bonds is 1. The highest BCUT2D eigenvalue weighted by Gasteiger charge is 1.42. The van der Waals surface area contributed by atoms with Gasteiger partial charge in [0.25, 0.3) is 0 Å². The first-order valence-corrected chi connectivity index (χ1v) is 1.38. The molecule has 5 heavy (non-hydrogen) atoms. The second-order valence-corrected chi connectivity index (χ2v) is 0.536. The highest BCUT2D eigenvalue weighted by Crippen LogP contribution is 1.45. The van der Waals surface area contributed by atoms with Gasteiger partial charge in [0.2, 0.25) is 0 Å². The minimum absolute atomic E-state index is 1.00. The molecule has 0 amide bonds. The molecular formula is C3H6N2. The SMILES string of the molecule is C/C=N/C=N. The number of hydrogen-bond acceptors (Lipinski definition) is 1. The van der Waals surface area contributed by atoms with E-state index in [1.807, 2.05) is 0 Å². The minimum Gasteiger partial charge on any atom is -0.290 e. The van der Waals surface area contributed by atoms with E-state index >= 15 is 0 Å². The summed E-state index contributed by atoms with van der Waals surface area (Å²) >= 11 is 0. The summed E-state index contributed by atoms with van der Waals surface area (Å²) in [6.07, 6.45) is 2.56. The van der Waals surface area contributed by atoms with Crippen molar-refractivity contribution in [1.29, 1.82) is 5.41 Å². The van der Waals surface area contributed by atoms with Crippen molar-refractivity contribution in [2.24, 2.45) is 4.99 Å². The van der Waals surface area contributed by atoms with Crippen LogP contribution in [0.15, 0.2) is 4.99 Å². The molecule has 0 saturated heterocycles. The van der Waals surface area contributed by atoms with Gasteiger partial charge in [0.05, 0.1) is 0 Å². The Morgan fingerprint density at radius 2 is 2.40 bits per heavy atom. The average Bonchev–Trinajstić information content (AvgIpc) is 1.41. The van der Waals surface area contributed by atoms with E-state index in [1.165, 1.54) is 0 Å². The lowest BCUT2D eigenvalue weighted by atomic mass is 10.9. The van der Waals surface area contributed by atoms with E-state index in [9.17, 15) is 0 Å². The largest absolute Gasteiger partial charge is 0.290 e. The summed E-state index contributed by atoms with van der Waals surface area (Å²) in [5.41, 5.74) is 0. The minimum atomic E-state index is 1.00. The molecule has 2 heteroatoms. The molecule has 0 atom stereocenters. The summed E-state index contributed by atoms with van der Waals surface area (Å²) in [5.74, 6) is 0. The highest BCUT2D eigenvalue weighted by atomic mass is 14.7. The highest BCUT2D eigenvalue weighted by molar-refractivity contribution is 5.68. The molecule has 2 nitrogen and oxygen atoms in total. The van der Waals surface area contributed by atoms with E-state index in [-0.39, 0.29) is 0 Å². The Morgan fingerprint density at radius 1 is 1.80 bits per heavy atom. The van der Waals surface area contributed by atoms with Crippen LogP contribution in [0.3, 0.4) is 0 Å². The van der Waals surface area contributed by atoms with Crippen LogP contribution in [-0.2, 0) is 0 Å². The Labute approximate surface area is 31.0 Å². The van der Waals surface area contributed by atoms with Crippen LogP contribution in [0.1, 0.15) is 6.92 Å². The molecule has 28 valence electrons. The smallest absolute Gasteiger partial charge is 0.106 e. The molecule has 0 radical (unpaired) electrons. The summed E-state index contributed by atoms with van der Waals surface area (Å²) < 4.78 is 0. The molecule has 0 aromatic heterocycles. The predicted molar refractivity (Wildman–Crippen MR) is 22.9 cm³/mol. The fraction of sp³-hybridized carbons (Fsp3) is 0.333. The maximum absolute atomic E-state index is 6.28. The molecule has 0 rings (SSSR count). The van der Waals surface area contributed by atoms with Crippen molar-refractivity contribution < 1.29 is 0 Å². The molecule has 0 aliphatic carbocycles. The third kappa shape index (κ3) is 3.34. The van der Waals surface area contributed by atoms with Crippen LogP contribution in [0.25, 0.3) is 0 Å². The van der Waals surface area contributed by atoms with Crippen LogP contribution < -0.4 is 0 Å². The van der Waals surface area contributed by atoms with Gasteiger partial charge in [-0.05, 0) is 6.92 Å². The molecule has 0 aromatic rings. The van der Waals surface area contributed by atoms with Gasteiger partial charge in [-0.15, -0.1) is 0 Å². The van der Waals surface area contributed by atoms with Gasteiger partial charge < -0.3 is 0 Å². The molecule has 0 aromatic carbocycles. The van der Waals surface area contributed by atoms with Crippen molar-refractivity contribution in [2.75, 3.05) is 0 Å². The summed E-state index contributed by atoms with van der Waals surface area (Å²) in [5, 5.41) is 6.28. The topological polar surface area (TPSA) is 36.2 Å². The third-order valence-electron chi connectivity index (χ3n) is 0.224. The van der Waals surface area contributed by atoms with Crippen molar-refractivity contribution in [1.82, 2.24) is 0 Å². The molecule has 0 fully saturated rings. The molecule has 0 unspecified atom stereocenters. The van der Waals surface area contributed by atoms with Gasteiger partial charge in [-0.25, -0.2) is 0 Å². The van der Waals surface area contributed by atoms with Gasteiger partial charge in [0.15, 0.2) is 0 Å². The van der Waals surface area contributed by atoms with E-state index in [1.54, 1.807) is 13.1 Å². The van der Waals surface area contributed by atoms with Crippen LogP contribution >= 0.6 is 0 Å². The quantitative estimate of drug-likeness (QED) is 0.348. The van der Waals surface area contributed by atoms with E-state index in [0.29, 0.717) is 0 Å². The molecule has 0 aliphatic heterocycles. The summed E-state index contributed by atoms with van der Waals surface area (Å²) in [6, 6.07) is 0. The van der Waals surface area contributed by atoms with Crippen LogP contribution in [0, 0.1) is 5.41 Å². The Balaban J connectivity index is 2.92. The van der Waals surface area contributed by atoms with Crippen molar-refractivity contribution >= 4 is 12.6 Å². The molecule has 0 bridgehead atoms. The first-order valence-electron chi connectivity index (χ1n) is 1.38. The lowest BCUT2D eigenvalue weighted by molar-refractivity contribution is 1.52. The van der Waals surface area contributed by atoms with E-state index < -0.39 is 0 Å². The first kappa shape index (κ1) is 4.34. The van der Waals surface area contributed by atoms with Crippen molar-refractivity contribution in [2.45, 2.75) is 6.92 Å². The van der Waals surface area contributed by atoms with Gasteiger partial charge in [-0.3, -0.25) is 10.4 Å². The molecular weight excluding hydrogens is 64.0 g/mol. The first-order chi connectivity index (χ1) is 2.41. The Hall–Kier alpha value is -0.660. The predicted octanol–water partition coefficient (Wildman–Crippen LogP) is 0.684. The number of aliphatic imine (C=N–C) groups is 1.